The monoisotopic (exact) mass is 362 g/mol. The number of nitrogens with zero attached hydrogens (tertiary/aromatic N) is 2. The number of rotatable bonds is 1. The van der Waals surface area contributed by atoms with Crippen LogP contribution in [0.3, 0.4) is 0 Å². The number of phenols is 1. The smallest absolute Gasteiger partial charge is 0.274 e. The predicted molar refractivity (Wildman–Crippen MR) is 99.8 cm³/mol. The Bertz CT molecular complexity index is 1490. The van der Waals surface area contributed by atoms with Crippen LogP contribution in [-0.2, 0) is 0 Å². The van der Waals surface area contributed by atoms with E-state index in [0.29, 0.717) is 15.1 Å². The lowest BCUT2D eigenvalue weighted by atomic mass is 10.1. The molecule has 0 aliphatic heterocycles. The van der Waals surface area contributed by atoms with E-state index in [-0.39, 0.29) is 27.7 Å². The van der Waals surface area contributed by atoms with Crippen LogP contribution in [0.15, 0.2) is 62.7 Å². The van der Waals surface area contributed by atoms with Crippen LogP contribution in [0.2, 0.25) is 0 Å². The SMILES string of the molecule is O=c1c(/C=c2\sc3nc4ccccc4n3c2=O)coc2ccc(O)cc12. The van der Waals surface area contributed by atoms with Crippen LogP contribution in [0.4, 0.5) is 0 Å². The van der Waals surface area contributed by atoms with E-state index in [1.54, 1.807) is 4.40 Å². The Kier molecular flexibility index (Phi) is 3.01. The zero-order chi connectivity index (χ0) is 17.8. The molecule has 5 rings (SSSR count). The van der Waals surface area contributed by atoms with Gasteiger partial charge in [0.1, 0.15) is 17.6 Å². The molecule has 2 aromatic carbocycles. The van der Waals surface area contributed by atoms with Gasteiger partial charge in [0, 0.05) is 0 Å². The Morgan fingerprint density at radius 1 is 1.15 bits per heavy atom. The van der Waals surface area contributed by atoms with Gasteiger partial charge in [-0.1, -0.05) is 23.5 Å². The third-order valence-electron chi connectivity index (χ3n) is 4.21. The number of aromatic nitrogens is 2. The first kappa shape index (κ1) is 14.9. The fourth-order valence-corrected chi connectivity index (χ4v) is 3.96. The largest absolute Gasteiger partial charge is 0.508 e. The van der Waals surface area contributed by atoms with Crippen molar-refractivity contribution in [2.75, 3.05) is 0 Å². The summed E-state index contributed by atoms with van der Waals surface area (Å²) in [5.74, 6) is -0.0208. The molecular weight excluding hydrogens is 352 g/mol. The van der Waals surface area contributed by atoms with Crippen molar-refractivity contribution in [2.45, 2.75) is 0 Å². The van der Waals surface area contributed by atoms with Gasteiger partial charge < -0.3 is 9.52 Å². The molecule has 0 fully saturated rings. The third-order valence-corrected chi connectivity index (χ3v) is 5.18. The molecule has 0 spiro atoms. The topological polar surface area (TPSA) is 84.8 Å². The van der Waals surface area contributed by atoms with Gasteiger partial charge in [0.05, 0.1) is 26.5 Å². The molecule has 0 unspecified atom stereocenters. The van der Waals surface area contributed by atoms with E-state index in [2.05, 4.69) is 4.98 Å². The van der Waals surface area contributed by atoms with Crippen LogP contribution in [0.25, 0.3) is 33.0 Å². The zero-order valence-electron chi connectivity index (χ0n) is 13.2. The average Bonchev–Trinajstić information content (AvgIpc) is 3.14. The number of benzene rings is 2. The predicted octanol–water partition coefficient (Wildman–Crippen LogP) is 2.27. The van der Waals surface area contributed by atoms with Crippen LogP contribution in [0.1, 0.15) is 5.56 Å². The average molecular weight is 362 g/mol. The van der Waals surface area contributed by atoms with Gasteiger partial charge in [-0.15, -0.1) is 0 Å². The lowest BCUT2D eigenvalue weighted by Gasteiger charge is -1.98. The minimum absolute atomic E-state index is 0.0208. The van der Waals surface area contributed by atoms with Crippen molar-refractivity contribution in [3.63, 3.8) is 0 Å². The van der Waals surface area contributed by atoms with E-state index in [9.17, 15) is 14.7 Å². The molecule has 0 aliphatic rings. The standard InChI is InChI=1S/C19H10N2O4S/c22-11-5-6-15-12(8-11)17(23)10(9-25-15)7-16-18(24)21-14-4-2-1-3-13(14)20-19(21)26-16/h1-9,22H/b16-7-. The molecule has 5 aromatic rings. The van der Waals surface area contributed by atoms with Crippen LogP contribution < -0.4 is 15.5 Å². The lowest BCUT2D eigenvalue weighted by molar-refractivity contribution is 0.475. The highest BCUT2D eigenvalue weighted by molar-refractivity contribution is 7.15. The summed E-state index contributed by atoms with van der Waals surface area (Å²) in [6, 6.07) is 11.7. The molecule has 0 saturated heterocycles. The van der Waals surface area contributed by atoms with Crippen molar-refractivity contribution in [1.82, 2.24) is 9.38 Å². The van der Waals surface area contributed by atoms with Gasteiger partial charge in [0.15, 0.2) is 10.4 Å². The highest BCUT2D eigenvalue weighted by Gasteiger charge is 2.12. The Balaban J connectivity index is 1.80. The first-order valence-corrected chi connectivity index (χ1v) is 8.60. The minimum Gasteiger partial charge on any atom is -0.508 e. The van der Waals surface area contributed by atoms with Gasteiger partial charge in [-0.2, -0.15) is 0 Å². The Morgan fingerprint density at radius 2 is 2.00 bits per heavy atom. The van der Waals surface area contributed by atoms with Crippen LogP contribution >= 0.6 is 11.3 Å². The number of imidazole rings is 1. The molecule has 3 heterocycles. The van der Waals surface area contributed by atoms with E-state index in [4.69, 9.17) is 4.42 Å². The molecule has 0 radical (unpaired) electrons. The number of phenolic OH excluding ortho intramolecular Hbond substituents is 1. The molecule has 26 heavy (non-hydrogen) atoms. The molecule has 1 N–H and O–H groups in total. The number of thiazole rings is 1. The molecule has 0 atom stereocenters. The van der Waals surface area contributed by atoms with Crippen LogP contribution in [-0.4, -0.2) is 14.5 Å². The molecule has 0 bridgehead atoms. The van der Waals surface area contributed by atoms with E-state index >= 15 is 0 Å². The van der Waals surface area contributed by atoms with Gasteiger partial charge in [-0.25, -0.2) is 9.38 Å². The van der Waals surface area contributed by atoms with Gasteiger partial charge in [-0.3, -0.25) is 9.59 Å². The maximum atomic E-state index is 12.8. The van der Waals surface area contributed by atoms with E-state index in [0.717, 1.165) is 11.0 Å². The summed E-state index contributed by atoms with van der Waals surface area (Å²) >= 11 is 1.22. The van der Waals surface area contributed by atoms with Gasteiger partial charge in [0.25, 0.3) is 5.56 Å². The minimum atomic E-state index is -0.308. The number of aromatic hydroxyl groups is 1. The molecule has 3 aromatic heterocycles. The maximum Gasteiger partial charge on any atom is 0.274 e. The summed E-state index contributed by atoms with van der Waals surface area (Å²) in [5.41, 5.74) is 1.57. The van der Waals surface area contributed by atoms with Crippen molar-refractivity contribution in [2.24, 2.45) is 0 Å². The molecule has 0 saturated carbocycles. The second-order valence-electron chi connectivity index (χ2n) is 5.83. The summed E-state index contributed by atoms with van der Waals surface area (Å²) in [6.07, 6.45) is 2.83. The molecule has 0 amide bonds. The molecule has 0 aliphatic carbocycles. The van der Waals surface area contributed by atoms with Crippen molar-refractivity contribution in [3.8, 4) is 5.75 Å². The highest BCUT2D eigenvalue weighted by atomic mass is 32.1. The first-order chi connectivity index (χ1) is 12.6. The Hall–Kier alpha value is -3.45. The second-order valence-corrected chi connectivity index (χ2v) is 6.84. The van der Waals surface area contributed by atoms with Crippen LogP contribution in [0.5, 0.6) is 5.75 Å². The molecule has 7 heteroatoms. The van der Waals surface area contributed by atoms with Crippen LogP contribution in [0, 0.1) is 0 Å². The highest BCUT2D eigenvalue weighted by Crippen LogP contribution is 2.18. The molecular formula is C19H10N2O4S. The fraction of sp³-hybridized carbons (Fsp3) is 0. The van der Waals surface area contributed by atoms with Crippen molar-refractivity contribution in [3.05, 3.63) is 79.4 Å². The lowest BCUT2D eigenvalue weighted by Crippen LogP contribution is -2.23. The summed E-state index contributed by atoms with van der Waals surface area (Å²) in [7, 11) is 0. The summed E-state index contributed by atoms with van der Waals surface area (Å²) in [4.78, 5) is 30.4. The van der Waals surface area contributed by atoms with Gasteiger partial charge in [-0.05, 0) is 36.4 Å². The summed E-state index contributed by atoms with van der Waals surface area (Å²) < 4.78 is 7.39. The normalized spacial score (nSPS) is 12.5. The Morgan fingerprint density at radius 3 is 2.88 bits per heavy atom. The second kappa shape index (κ2) is 5.27. The Labute approximate surface area is 148 Å². The van der Waals surface area contributed by atoms with Gasteiger partial charge >= 0.3 is 0 Å². The van der Waals surface area contributed by atoms with Gasteiger partial charge in [0.2, 0.25) is 0 Å². The number of para-hydroxylation sites is 2. The van der Waals surface area contributed by atoms with Crippen molar-refractivity contribution < 1.29 is 9.52 Å². The maximum absolute atomic E-state index is 12.8. The van der Waals surface area contributed by atoms with E-state index < -0.39 is 0 Å². The number of hydrogen-bond acceptors (Lipinski definition) is 6. The summed E-state index contributed by atoms with van der Waals surface area (Å²) in [5, 5.41) is 9.86. The first-order valence-electron chi connectivity index (χ1n) is 7.78. The van der Waals surface area contributed by atoms with Crippen molar-refractivity contribution >= 4 is 44.4 Å². The third kappa shape index (κ3) is 2.07. The molecule has 6 nitrogen and oxygen atoms in total. The van der Waals surface area contributed by atoms with E-state index in [1.165, 1.54) is 41.9 Å². The zero-order valence-corrected chi connectivity index (χ0v) is 14.0. The fourth-order valence-electron chi connectivity index (χ4n) is 2.99. The molecule has 126 valence electrons. The van der Waals surface area contributed by atoms with Crippen molar-refractivity contribution in [1.29, 1.82) is 0 Å². The van der Waals surface area contributed by atoms with E-state index in [1.807, 2.05) is 24.3 Å². The quantitative estimate of drug-likeness (QED) is 0.494. The number of hydrogen-bond donors (Lipinski definition) is 1. The number of fused-ring (bicyclic) bond motifs is 4. The summed E-state index contributed by atoms with van der Waals surface area (Å²) in [6.45, 7) is 0.